The van der Waals surface area contributed by atoms with Gasteiger partial charge in [0.1, 0.15) is 0 Å². The van der Waals surface area contributed by atoms with Gasteiger partial charge in [-0.2, -0.15) is 4.31 Å². The van der Waals surface area contributed by atoms with E-state index in [1.807, 2.05) is 12.1 Å². The summed E-state index contributed by atoms with van der Waals surface area (Å²) < 4.78 is 31.1. The molecule has 1 heterocycles. The average molecular weight is 331 g/mol. The Morgan fingerprint density at radius 1 is 1.38 bits per heavy atom. The zero-order valence-corrected chi connectivity index (χ0v) is 13.7. The van der Waals surface area contributed by atoms with Crippen LogP contribution in [0.2, 0.25) is 0 Å². The fraction of sp³-hybridized carbons (Fsp3) is 0.538. The van der Waals surface area contributed by atoms with Crippen molar-refractivity contribution in [2.75, 3.05) is 32.6 Å². The Morgan fingerprint density at radius 2 is 2.05 bits per heavy atom. The Morgan fingerprint density at radius 3 is 2.62 bits per heavy atom. The molecule has 2 N–H and O–H groups in total. The van der Waals surface area contributed by atoms with Gasteiger partial charge in [0, 0.05) is 39.0 Å². The van der Waals surface area contributed by atoms with E-state index in [9.17, 15) is 8.42 Å². The molecular formula is C13H21N3O3S2. The van der Waals surface area contributed by atoms with Gasteiger partial charge >= 0.3 is 0 Å². The lowest BCUT2D eigenvalue weighted by molar-refractivity contribution is 0.179. The molecule has 0 bridgehead atoms. The van der Waals surface area contributed by atoms with Crippen molar-refractivity contribution in [3.05, 3.63) is 30.1 Å². The largest absolute Gasteiger partial charge is 0.393 e. The standard InChI is InChI=1S/C13H21N3O3S2/c1-19-10-9-16(8-4-13(14)20)21(17,18)11-5-12-2-6-15-7-3-12/h2-3,6-7H,4-5,8-11H2,1H3,(H2,14,20). The predicted octanol–water partition coefficient (Wildman–Crippen LogP) is 0.579. The molecule has 0 aliphatic rings. The highest BCUT2D eigenvalue weighted by molar-refractivity contribution is 7.89. The van der Waals surface area contributed by atoms with Crippen molar-refractivity contribution in [1.82, 2.24) is 9.29 Å². The molecule has 118 valence electrons. The molecule has 0 atom stereocenters. The summed E-state index contributed by atoms with van der Waals surface area (Å²) in [6, 6.07) is 3.62. The first kappa shape index (κ1) is 18.0. The van der Waals surface area contributed by atoms with Crippen molar-refractivity contribution >= 4 is 27.2 Å². The van der Waals surface area contributed by atoms with E-state index in [0.717, 1.165) is 5.56 Å². The maximum absolute atomic E-state index is 12.4. The number of hydrogen-bond donors (Lipinski definition) is 1. The molecule has 0 aliphatic carbocycles. The van der Waals surface area contributed by atoms with Gasteiger partial charge < -0.3 is 10.5 Å². The lowest BCUT2D eigenvalue weighted by atomic mass is 10.2. The molecule has 8 heteroatoms. The lowest BCUT2D eigenvalue weighted by Crippen LogP contribution is -2.38. The van der Waals surface area contributed by atoms with Crippen LogP contribution in [0.3, 0.4) is 0 Å². The summed E-state index contributed by atoms with van der Waals surface area (Å²) in [5.41, 5.74) is 6.39. The first-order valence-corrected chi connectivity index (χ1v) is 8.61. The second-order valence-corrected chi connectivity index (χ2v) is 7.14. The van der Waals surface area contributed by atoms with Crippen LogP contribution >= 0.6 is 12.2 Å². The van der Waals surface area contributed by atoms with Crippen molar-refractivity contribution in [3.8, 4) is 0 Å². The first-order valence-electron chi connectivity index (χ1n) is 6.59. The SMILES string of the molecule is COCCN(CCC(N)=S)S(=O)(=O)CCc1ccncc1. The molecule has 0 amide bonds. The third kappa shape index (κ3) is 6.94. The Labute approximate surface area is 131 Å². The number of rotatable bonds is 10. The van der Waals surface area contributed by atoms with Crippen molar-refractivity contribution in [3.63, 3.8) is 0 Å². The predicted molar refractivity (Wildman–Crippen MR) is 86.6 cm³/mol. The van der Waals surface area contributed by atoms with Gasteiger partial charge in [0.2, 0.25) is 10.0 Å². The monoisotopic (exact) mass is 331 g/mol. The second kappa shape index (κ2) is 9.04. The smallest absolute Gasteiger partial charge is 0.214 e. The normalized spacial score (nSPS) is 11.7. The van der Waals surface area contributed by atoms with E-state index in [1.165, 1.54) is 11.4 Å². The number of pyridine rings is 1. The minimum Gasteiger partial charge on any atom is -0.393 e. The van der Waals surface area contributed by atoms with E-state index in [-0.39, 0.29) is 12.3 Å². The summed E-state index contributed by atoms with van der Waals surface area (Å²) >= 11 is 4.81. The van der Waals surface area contributed by atoms with Crippen LogP contribution in [-0.4, -0.2) is 55.3 Å². The average Bonchev–Trinajstić information content (AvgIpc) is 2.46. The molecule has 0 radical (unpaired) electrons. The summed E-state index contributed by atoms with van der Waals surface area (Å²) in [4.78, 5) is 4.22. The third-order valence-electron chi connectivity index (χ3n) is 2.94. The highest BCUT2D eigenvalue weighted by atomic mass is 32.2. The van der Waals surface area contributed by atoms with Crippen molar-refractivity contribution in [2.45, 2.75) is 12.8 Å². The van der Waals surface area contributed by atoms with Gasteiger partial charge in [0.15, 0.2) is 0 Å². The molecular weight excluding hydrogens is 310 g/mol. The second-order valence-electron chi connectivity index (χ2n) is 4.53. The summed E-state index contributed by atoms with van der Waals surface area (Å²) in [7, 11) is -1.83. The molecule has 0 aromatic carbocycles. The Bertz CT molecular complexity index is 535. The zero-order chi connectivity index (χ0) is 15.7. The summed E-state index contributed by atoms with van der Waals surface area (Å²) in [6.07, 6.45) is 4.12. The molecule has 21 heavy (non-hydrogen) atoms. The number of thiocarbonyl (C=S) groups is 1. The van der Waals surface area contributed by atoms with Gasteiger partial charge in [-0.3, -0.25) is 4.98 Å². The van der Waals surface area contributed by atoms with Crippen LogP contribution in [0.1, 0.15) is 12.0 Å². The quantitative estimate of drug-likeness (QED) is 0.631. The van der Waals surface area contributed by atoms with Gasteiger partial charge in [-0.1, -0.05) is 12.2 Å². The number of hydrogen-bond acceptors (Lipinski definition) is 5. The van der Waals surface area contributed by atoms with Crippen LogP contribution in [0.15, 0.2) is 24.5 Å². The fourth-order valence-corrected chi connectivity index (χ4v) is 3.31. The Kier molecular flexibility index (Phi) is 7.73. The topological polar surface area (TPSA) is 85.5 Å². The van der Waals surface area contributed by atoms with Gasteiger partial charge in [-0.15, -0.1) is 0 Å². The van der Waals surface area contributed by atoms with E-state index < -0.39 is 10.0 Å². The van der Waals surface area contributed by atoms with E-state index >= 15 is 0 Å². The molecule has 0 aliphatic heterocycles. The molecule has 0 unspecified atom stereocenters. The van der Waals surface area contributed by atoms with Crippen molar-refractivity contribution in [1.29, 1.82) is 0 Å². The third-order valence-corrected chi connectivity index (χ3v) is 5.02. The fourth-order valence-electron chi connectivity index (χ4n) is 1.74. The first-order chi connectivity index (χ1) is 9.95. The van der Waals surface area contributed by atoms with Crippen LogP contribution in [-0.2, 0) is 21.2 Å². The van der Waals surface area contributed by atoms with Crippen LogP contribution in [0.4, 0.5) is 0 Å². The Hall–Kier alpha value is -1.09. The highest BCUT2D eigenvalue weighted by Crippen LogP contribution is 2.07. The molecule has 1 rings (SSSR count). The van der Waals surface area contributed by atoms with E-state index in [0.29, 0.717) is 31.0 Å². The van der Waals surface area contributed by atoms with E-state index in [2.05, 4.69) is 4.98 Å². The van der Waals surface area contributed by atoms with Gasteiger partial charge in [-0.05, 0) is 24.1 Å². The number of nitrogens with zero attached hydrogens (tertiary/aromatic N) is 2. The van der Waals surface area contributed by atoms with Gasteiger partial charge in [0.25, 0.3) is 0 Å². The summed E-state index contributed by atoms with van der Waals surface area (Å²) in [5.74, 6) is 0.0397. The minimum atomic E-state index is -3.37. The van der Waals surface area contributed by atoms with E-state index in [4.69, 9.17) is 22.7 Å². The molecule has 0 saturated carbocycles. The number of methoxy groups -OCH3 is 1. The van der Waals surface area contributed by atoms with Crippen LogP contribution in [0, 0.1) is 0 Å². The number of sulfonamides is 1. The van der Waals surface area contributed by atoms with Crippen LogP contribution < -0.4 is 5.73 Å². The van der Waals surface area contributed by atoms with Gasteiger partial charge in [0.05, 0.1) is 17.3 Å². The Balaban J connectivity index is 2.66. The molecule has 0 fully saturated rings. The number of ether oxygens (including phenoxy) is 1. The number of aromatic nitrogens is 1. The number of nitrogens with two attached hydrogens (primary N) is 1. The maximum atomic E-state index is 12.4. The van der Waals surface area contributed by atoms with Crippen molar-refractivity contribution < 1.29 is 13.2 Å². The summed E-state index contributed by atoms with van der Waals surface area (Å²) in [5, 5.41) is 0. The molecule has 0 saturated heterocycles. The van der Waals surface area contributed by atoms with Crippen LogP contribution in [0.25, 0.3) is 0 Å². The lowest BCUT2D eigenvalue weighted by Gasteiger charge is -2.21. The van der Waals surface area contributed by atoms with Gasteiger partial charge in [-0.25, -0.2) is 8.42 Å². The molecule has 6 nitrogen and oxygen atoms in total. The minimum absolute atomic E-state index is 0.0397. The summed E-state index contributed by atoms with van der Waals surface area (Å²) in [6.45, 7) is 0.932. The zero-order valence-electron chi connectivity index (χ0n) is 12.1. The number of aryl methyl sites for hydroxylation is 1. The van der Waals surface area contributed by atoms with Crippen LogP contribution in [0.5, 0.6) is 0 Å². The highest BCUT2D eigenvalue weighted by Gasteiger charge is 2.21. The molecule has 0 spiro atoms. The van der Waals surface area contributed by atoms with Crippen molar-refractivity contribution in [2.24, 2.45) is 5.73 Å². The maximum Gasteiger partial charge on any atom is 0.214 e. The molecule has 1 aromatic heterocycles. The van der Waals surface area contributed by atoms with E-state index in [1.54, 1.807) is 12.4 Å². The molecule has 1 aromatic rings.